The van der Waals surface area contributed by atoms with Crippen LogP contribution < -0.4 is 5.32 Å². The molecule has 1 aromatic carbocycles. The molecule has 1 amide bonds. The van der Waals surface area contributed by atoms with Crippen LogP contribution in [0.5, 0.6) is 0 Å². The molecule has 1 aromatic heterocycles. The van der Waals surface area contributed by atoms with Crippen molar-refractivity contribution in [2.75, 3.05) is 26.2 Å². The number of carbonyl (C=O) groups excluding carboxylic acids is 1. The van der Waals surface area contributed by atoms with E-state index < -0.39 is 0 Å². The van der Waals surface area contributed by atoms with Crippen molar-refractivity contribution < 1.29 is 4.79 Å². The minimum Gasteiger partial charge on any atom is -0.349 e. The molecule has 0 bridgehead atoms. The van der Waals surface area contributed by atoms with E-state index >= 15 is 0 Å². The van der Waals surface area contributed by atoms with E-state index in [9.17, 15) is 4.79 Å². The standard InChI is InChI=1S/C16H19ClIN3O/c1-3-21(4-2)8-7-19-16(22)15-10-13(17)12-9-11(18)5-6-14(12)20-15/h5-6,9-10H,3-4,7-8H2,1-2H3,(H,19,22). The molecule has 0 unspecified atom stereocenters. The fourth-order valence-corrected chi connectivity index (χ4v) is 2.98. The number of pyridine rings is 1. The summed E-state index contributed by atoms with van der Waals surface area (Å²) < 4.78 is 1.09. The third-order valence-electron chi connectivity index (χ3n) is 3.56. The molecule has 0 aliphatic carbocycles. The number of benzene rings is 1. The van der Waals surface area contributed by atoms with Gasteiger partial charge in [-0.3, -0.25) is 4.79 Å². The summed E-state index contributed by atoms with van der Waals surface area (Å²) in [6.07, 6.45) is 0. The minimum atomic E-state index is -0.186. The molecule has 1 N–H and O–H groups in total. The highest BCUT2D eigenvalue weighted by atomic mass is 127. The van der Waals surface area contributed by atoms with Crippen LogP contribution in [0.1, 0.15) is 24.3 Å². The van der Waals surface area contributed by atoms with E-state index in [1.807, 2.05) is 18.2 Å². The number of amides is 1. The molecule has 0 spiro atoms. The maximum Gasteiger partial charge on any atom is 0.270 e. The maximum absolute atomic E-state index is 12.2. The number of carbonyl (C=O) groups is 1. The van der Waals surface area contributed by atoms with Crippen LogP contribution in [0.2, 0.25) is 5.02 Å². The van der Waals surface area contributed by atoms with Gasteiger partial charge in [0, 0.05) is 22.0 Å². The first-order valence-corrected chi connectivity index (χ1v) is 8.77. The Morgan fingerprint density at radius 2 is 2.05 bits per heavy atom. The molecule has 4 nitrogen and oxygen atoms in total. The number of likely N-dealkylation sites (N-methyl/N-ethyl adjacent to an activating group) is 1. The SMILES string of the molecule is CCN(CC)CCNC(=O)c1cc(Cl)c2cc(I)ccc2n1. The molecule has 6 heteroatoms. The normalized spacial score (nSPS) is 11.1. The van der Waals surface area contributed by atoms with Crippen LogP contribution in [0.3, 0.4) is 0 Å². The average Bonchev–Trinajstić information content (AvgIpc) is 2.52. The Morgan fingerprint density at radius 1 is 1.32 bits per heavy atom. The number of halogens is 2. The second-order valence-electron chi connectivity index (χ2n) is 4.93. The summed E-state index contributed by atoms with van der Waals surface area (Å²) in [6, 6.07) is 7.43. The summed E-state index contributed by atoms with van der Waals surface area (Å²) in [6.45, 7) is 7.60. The molecule has 2 rings (SSSR count). The summed E-state index contributed by atoms with van der Waals surface area (Å²) in [5, 5.41) is 4.32. The van der Waals surface area contributed by atoms with Gasteiger partial charge in [0.15, 0.2) is 0 Å². The average molecular weight is 432 g/mol. The second-order valence-corrected chi connectivity index (χ2v) is 6.59. The van der Waals surface area contributed by atoms with Crippen molar-refractivity contribution in [3.05, 3.63) is 38.6 Å². The molecular formula is C16H19ClIN3O. The summed E-state index contributed by atoms with van der Waals surface area (Å²) >= 11 is 8.50. The lowest BCUT2D eigenvalue weighted by atomic mass is 10.2. The van der Waals surface area contributed by atoms with Gasteiger partial charge in [-0.1, -0.05) is 25.4 Å². The molecule has 0 atom stereocenters. The molecule has 0 fully saturated rings. The first kappa shape index (κ1) is 17.4. The highest BCUT2D eigenvalue weighted by Gasteiger charge is 2.11. The topological polar surface area (TPSA) is 45.2 Å². The van der Waals surface area contributed by atoms with Crippen LogP contribution >= 0.6 is 34.2 Å². The number of hydrogen-bond donors (Lipinski definition) is 1. The number of aromatic nitrogens is 1. The Labute approximate surface area is 149 Å². The third-order valence-corrected chi connectivity index (χ3v) is 4.54. The van der Waals surface area contributed by atoms with Crippen molar-refractivity contribution in [2.45, 2.75) is 13.8 Å². The van der Waals surface area contributed by atoms with E-state index in [0.717, 1.165) is 34.1 Å². The zero-order chi connectivity index (χ0) is 16.1. The van der Waals surface area contributed by atoms with Crippen LogP contribution in [-0.2, 0) is 0 Å². The second kappa shape index (κ2) is 8.08. The number of nitrogens with one attached hydrogen (secondary N) is 1. The maximum atomic E-state index is 12.2. The van der Waals surface area contributed by atoms with Gasteiger partial charge in [0.25, 0.3) is 5.91 Å². The van der Waals surface area contributed by atoms with Gasteiger partial charge < -0.3 is 10.2 Å². The number of fused-ring (bicyclic) bond motifs is 1. The van der Waals surface area contributed by atoms with Gasteiger partial charge in [0.1, 0.15) is 5.69 Å². The lowest BCUT2D eigenvalue weighted by molar-refractivity contribution is 0.0944. The Kier molecular flexibility index (Phi) is 6.40. The predicted molar refractivity (Wildman–Crippen MR) is 99.6 cm³/mol. The van der Waals surface area contributed by atoms with E-state index in [1.165, 1.54) is 0 Å². The van der Waals surface area contributed by atoms with Gasteiger partial charge in [-0.15, -0.1) is 0 Å². The highest BCUT2D eigenvalue weighted by Crippen LogP contribution is 2.24. The van der Waals surface area contributed by atoms with Crippen molar-refractivity contribution in [3.63, 3.8) is 0 Å². The minimum absolute atomic E-state index is 0.186. The molecule has 0 saturated heterocycles. The van der Waals surface area contributed by atoms with Crippen molar-refractivity contribution in [3.8, 4) is 0 Å². The fraction of sp³-hybridized carbons (Fsp3) is 0.375. The molecule has 22 heavy (non-hydrogen) atoms. The van der Waals surface area contributed by atoms with Gasteiger partial charge in [-0.2, -0.15) is 0 Å². The van der Waals surface area contributed by atoms with Crippen molar-refractivity contribution in [1.29, 1.82) is 0 Å². The van der Waals surface area contributed by atoms with Crippen LogP contribution in [-0.4, -0.2) is 42.0 Å². The summed E-state index contributed by atoms with van der Waals surface area (Å²) in [7, 11) is 0. The molecule has 0 aliphatic heterocycles. The molecule has 1 heterocycles. The number of nitrogens with zero attached hydrogens (tertiary/aromatic N) is 2. The predicted octanol–water partition coefficient (Wildman–Crippen LogP) is 3.56. The highest BCUT2D eigenvalue weighted by molar-refractivity contribution is 14.1. The van der Waals surface area contributed by atoms with Crippen molar-refractivity contribution >= 4 is 51.0 Å². The van der Waals surface area contributed by atoms with E-state index in [1.54, 1.807) is 6.07 Å². The van der Waals surface area contributed by atoms with Crippen LogP contribution in [0.15, 0.2) is 24.3 Å². The fourth-order valence-electron chi connectivity index (χ4n) is 2.23. The Balaban J connectivity index is 2.10. The summed E-state index contributed by atoms with van der Waals surface area (Å²) in [5.74, 6) is -0.186. The quantitative estimate of drug-likeness (QED) is 0.711. The summed E-state index contributed by atoms with van der Waals surface area (Å²) in [4.78, 5) is 18.9. The van der Waals surface area contributed by atoms with Crippen LogP contribution in [0.4, 0.5) is 0 Å². The molecular weight excluding hydrogens is 413 g/mol. The molecule has 118 valence electrons. The van der Waals surface area contributed by atoms with E-state index in [0.29, 0.717) is 17.3 Å². The largest absolute Gasteiger partial charge is 0.349 e. The molecule has 0 aliphatic rings. The zero-order valence-electron chi connectivity index (χ0n) is 12.7. The number of rotatable bonds is 6. The van der Waals surface area contributed by atoms with Gasteiger partial charge >= 0.3 is 0 Å². The molecule has 0 radical (unpaired) electrons. The van der Waals surface area contributed by atoms with Gasteiger partial charge in [0.2, 0.25) is 0 Å². The Hall–Kier alpha value is -0.920. The van der Waals surface area contributed by atoms with Gasteiger partial charge in [0.05, 0.1) is 10.5 Å². The Morgan fingerprint density at radius 3 is 2.73 bits per heavy atom. The summed E-state index contributed by atoms with van der Waals surface area (Å²) in [5.41, 5.74) is 1.10. The lowest BCUT2D eigenvalue weighted by Crippen LogP contribution is -2.35. The zero-order valence-corrected chi connectivity index (χ0v) is 15.6. The van der Waals surface area contributed by atoms with Crippen molar-refractivity contribution in [1.82, 2.24) is 15.2 Å². The van der Waals surface area contributed by atoms with E-state index in [-0.39, 0.29) is 5.91 Å². The molecule has 0 saturated carbocycles. The van der Waals surface area contributed by atoms with Crippen LogP contribution in [0.25, 0.3) is 10.9 Å². The van der Waals surface area contributed by atoms with Crippen molar-refractivity contribution in [2.24, 2.45) is 0 Å². The van der Waals surface area contributed by atoms with Gasteiger partial charge in [-0.25, -0.2) is 4.98 Å². The smallest absolute Gasteiger partial charge is 0.270 e. The lowest BCUT2D eigenvalue weighted by Gasteiger charge is -2.17. The first-order valence-electron chi connectivity index (χ1n) is 7.31. The van der Waals surface area contributed by atoms with Gasteiger partial charge in [-0.05, 0) is 59.9 Å². The molecule has 2 aromatic rings. The van der Waals surface area contributed by atoms with E-state index in [2.05, 4.69) is 51.6 Å². The first-order chi connectivity index (χ1) is 10.5. The van der Waals surface area contributed by atoms with Crippen LogP contribution in [0, 0.1) is 3.57 Å². The number of hydrogen-bond acceptors (Lipinski definition) is 3. The third kappa shape index (κ3) is 4.30. The Bertz CT molecular complexity index is 674. The van der Waals surface area contributed by atoms with E-state index in [4.69, 9.17) is 11.6 Å². The monoisotopic (exact) mass is 431 g/mol.